The SMILES string of the molecule is CCN(CC)c1ccc(/C=C(/NC(=O)c2ccccc2Cl)C(=O)NN=Cc2cccc(OC)c2OC)cc1. The lowest BCUT2D eigenvalue weighted by atomic mass is 10.1. The molecule has 0 saturated heterocycles. The zero-order valence-corrected chi connectivity index (χ0v) is 22.6. The summed E-state index contributed by atoms with van der Waals surface area (Å²) in [5.41, 5.74) is 5.11. The van der Waals surface area contributed by atoms with Crippen molar-refractivity contribution >= 4 is 41.4 Å². The average Bonchev–Trinajstić information content (AvgIpc) is 2.94. The van der Waals surface area contributed by atoms with Crippen LogP contribution in [0.5, 0.6) is 11.5 Å². The second-order valence-electron chi connectivity index (χ2n) is 8.04. The number of benzene rings is 3. The first-order chi connectivity index (χ1) is 18.4. The van der Waals surface area contributed by atoms with Crippen molar-refractivity contribution in [2.75, 3.05) is 32.2 Å². The second-order valence-corrected chi connectivity index (χ2v) is 8.44. The van der Waals surface area contributed by atoms with E-state index in [4.69, 9.17) is 21.1 Å². The van der Waals surface area contributed by atoms with Gasteiger partial charge < -0.3 is 19.7 Å². The summed E-state index contributed by atoms with van der Waals surface area (Å²) in [4.78, 5) is 28.3. The normalized spacial score (nSPS) is 11.2. The van der Waals surface area contributed by atoms with Crippen LogP contribution >= 0.6 is 11.6 Å². The Kier molecular flexibility index (Phi) is 10.3. The van der Waals surface area contributed by atoms with Gasteiger partial charge >= 0.3 is 0 Å². The number of nitrogens with one attached hydrogen (secondary N) is 2. The van der Waals surface area contributed by atoms with Crippen molar-refractivity contribution in [2.24, 2.45) is 5.10 Å². The summed E-state index contributed by atoms with van der Waals surface area (Å²) in [5, 5.41) is 7.00. The lowest BCUT2D eigenvalue weighted by Gasteiger charge is -2.21. The summed E-state index contributed by atoms with van der Waals surface area (Å²) in [6.07, 6.45) is 3.02. The fourth-order valence-corrected chi connectivity index (χ4v) is 3.99. The van der Waals surface area contributed by atoms with E-state index in [-0.39, 0.29) is 16.3 Å². The first-order valence-corrected chi connectivity index (χ1v) is 12.5. The molecule has 0 radical (unpaired) electrons. The van der Waals surface area contributed by atoms with Gasteiger partial charge in [0.05, 0.1) is 31.0 Å². The van der Waals surface area contributed by atoms with Crippen LogP contribution in [0.25, 0.3) is 6.08 Å². The molecule has 0 unspecified atom stereocenters. The molecular formula is C29H31ClN4O4. The number of hydrogen-bond acceptors (Lipinski definition) is 6. The smallest absolute Gasteiger partial charge is 0.287 e. The predicted molar refractivity (Wildman–Crippen MR) is 152 cm³/mol. The molecule has 0 atom stereocenters. The summed E-state index contributed by atoms with van der Waals surface area (Å²) in [7, 11) is 3.05. The fraction of sp³-hybridized carbons (Fsp3) is 0.207. The van der Waals surface area contributed by atoms with Crippen molar-refractivity contribution in [2.45, 2.75) is 13.8 Å². The Morgan fingerprint density at radius 1 is 0.947 bits per heavy atom. The predicted octanol–water partition coefficient (Wildman–Crippen LogP) is 5.12. The standard InChI is InChI=1S/C29H31ClN4O4/c1-5-34(6-2)22-16-14-20(15-17-22)18-25(32-28(35)23-11-7-8-12-24(23)30)29(36)33-31-19-21-10-9-13-26(37-3)27(21)38-4/h7-19H,5-6H2,1-4H3,(H,32,35)(H,33,36)/b25-18+,31-19?. The number of hydrogen-bond donors (Lipinski definition) is 2. The highest BCUT2D eigenvalue weighted by atomic mass is 35.5. The van der Waals surface area contributed by atoms with Gasteiger partial charge in [0.25, 0.3) is 11.8 Å². The molecule has 2 N–H and O–H groups in total. The van der Waals surface area contributed by atoms with E-state index in [0.29, 0.717) is 17.1 Å². The molecule has 3 aromatic rings. The summed E-state index contributed by atoms with van der Waals surface area (Å²) in [5.74, 6) is -0.126. The van der Waals surface area contributed by atoms with Crippen LogP contribution in [-0.2, 0) is 4.79 Å². The molecule has 0 aliphatic carbocycles. The molecule has 0 aliphatic rings. The molecule has 0 fully saturated rings. The molecule has 0 spiro atoms. The number of halogens is 1. The van der Waals surface area contributed by atoms with Gasteiger partial charge in [-0.25, -0.2) is 5.43 Å². The number of nitrogens with zero attached hydrogens (tertiary/aromatic N) is 2. The van der Waals surface area contributed by atoms with E-state index in [0.717, 1.165) is 24.3 Å². The molecule has 3 rings (SSSR count). The minimum atomic E-state index is -0.615. The highest BCUT2D eigenvalue weighted by Crippen LogP contribution is 2.29. The van der Waals surface area contributed by atoms with Crippen molar-refractivity contribution in [3.8, 4) is 11.5 Å². The third kappa shape index (κ3) is 7.14. The van der Waals surface area contributed by atoms with Crippen LogP contribution in [0.4, 0.5) is 5.69 Å². The maximum absolute atomic E-state index is 13.1. The highest BCUT2D eigenvalue weighted by molar-refractivity contribution is 6.34. The number of anilines is 1. The third-order valence-electron chi connectivity index (χ3n) is 5.75. The summed E-state index contributed by atoms with van der Waals surface area (Å²) >= 11 is 6.19. The van der Waals surface area contributed by atoms with Gasteiger partial charge in [-0.2, -0.15) is 5.10 Å². The van der Waals surface area contributed by atoms with Gasteiger partial charge in [-0.3, -0.25) is 9.59 Å². The van der Waals surface area contributed by atoms with E-state index in [1.54, 1.807) is 48.5 Å². The number of amides is 2. The minimum absolute atomic E-state index is 0.000246. The van der Waals surface area contributed by atoms with Crippen LogP contribution in [-0.4, -0.2) is 45.3 Å². The first kappa shape index (κ1) is 28.3. The van der Waals surface area contributed by atoms with Gasteiger partial charge in [0, 0.05) is 24.3 Å². The van der Waals surface area contributed by atoms with Gasteiger partial charge in [-0.15, -0.1) is 0 Å². The summed E-state index contributed by atoms with van der Waals surface area (Å²) in [6, 6.07) is 19.6. The monoisotopic (exact) mass is 534 g/mol. The van der Waals surface area contributed by atoms with Gasteiger partial charge in [0.15, 0.2) is 11.5 Å². The largest absolute Gasteiger partial charge is 0.493 e. The topological polar surface area (TPSA) is 92.3 Å². The quantitative estimate of drug-likeness (QED) is 0.202. The number of carbonyl (C=O) groups is 2. The zero-order chi connectivity index (χ0) is 27.5. The van der Waals surface area contributed by atoms with Crippen LogP contribution in [0.15, 0.2) is 77.5 Å². The Balaban J connectivity index is 1.88. The Morgan fingerprint density at radius 2 is 1.66 bits per heavy atom. The lowest BCUT2D eigenvalue weighted by molar-refractivity contribution is -0.117. The Hall–Kier alpha value is -4.30. The van der Waals surface area contributed by atoms with E-state index in [1.807, 2.05) is 24.3 Å². The van der Waals surface area contributed by atoms with E-state index < -0.39 is 11.8 Å². The molecule has 38 heavy (non-hydrogen) atoms. The maximum atomic E-state index is 13.1. The first-order valence-electron chi connectivity index (χ1n) is 12.1. The Labute approximate surface area is 227 Å². The van der Waals surface area contributed by atoms with Crippen LogP contribution in [0.1, 0.15) is 35.3 Å². The molecular weight excluding hydrogens is 504 g/mol. The number of ether oxygens (including phenoxy) is 2. The van der Waals surface area contributed by atoms with Gasteiger partial charge in [0.1, 0.15) is 5.70 Å². The fourth-order valence-electron chi connectivity index (χ4n) is 3.76. The van der Waals surface area contributed by atoms with Crippen LogP contribution in [0, 0.1) is 0 Å². The molecule has 198 valence electrons. The molecule has 0 bridgehead atoms. The number of rotatable bonds is 11. The second kappa shape index (κ2) is 13.9. The van der Waals surface area contributed by atoms with Crippen LogP contribution in [0.2, 0.25) is 5.02 Å². The van der Waals surface area contributed by atoms with Crippen LogP contribution in [0.3, 0.4) is 0 Å². The van der Waals surface area contributed by atoms with Crippen molar-refractivity contribution in [3.05, 3.63) is 94.1 Å². The summed E-state index contributed by atoms with van der Waals surface area (Å²) in [6.45, 7) is 5.93. The van der Waals surface area contributed by atoms with Crippen LogP contribution < -0.4 is 25.1 Å². The Morgan fingerprint density at radius 3 is 2.29 bits per heavy atom. The molecule has 8 nitrogen and oxygen atoms in total. The third-order valence-corrected chi connectivity index (χ3v) is 6.08. The van der Waals surface area contributed by atoms with Crippen molar-refractivity contribution in [3.63, 3.8) is 0 Å². The van der Waals surface area contributed by atoms with E-state index in [9.17, 15) is 9.59 Å². The molecule has 0 heterocycles. The van der Waals surface area contributed by atoms with Gasteiger partial charge in [-0.1, -0.05) is 41.9 Å². The molecule has 2 amide bonds. The molecule has 9 heteroatoms. The van der Waals surface area contributed by atoms with E-state index in [2.05, 4.69) is 34.6 Å². The average molecular weight is 535 g/mol. The van der Waals surface area contributed by atoms with Crippen molar-refractivity contribution < 1.29 is 19.1 Å². The van der Waals surface area contributed by atoms with E-state index >= 15 is 0 Å². The zero-order valence-electron chi connectivity index (χ0n) is 21.8. The molecule has 0 aliphatic heterocycles. The van der Waals surface area contributed by atoms with E-state index in [1.165, 1.54) is 20.4 Å². The van der Waals surface area contributed by atoms with Gasteiger partial charge in [-0.05, 0) is 61.9 Å². The number of hydrazone groups is 1. The Bertz CT molecular complexity index is 1320. The van der Waals surface area contributed by atoms with Crippen molar-refractivity contribution in [1.82, 2.24) is 10.7 Å². The highest BCUT2D eigenvalue weighted by Gasteiger charge is 2.17. The minimum Gasteiger partial charge on any atom is -0.493 e. The number of carbonyl (C=O) groups excluding carboxylic acids is 2. The van der Waals surface area contributed by atoms with Gasteiger partial charge in [0.2, 0.25) is 0 Å². The number of para-hydroxylation sites is 1. The molecule has 3 aromatic carbocycles. The summed E-state index contributed by atoms with van der Waals surface area (Å²) < 4.78 is 10.7. The lowest BCUT2D eigenvalue weighted by Crippen LogP contribution is -2.33. The molecule has 0 aromatic heterocycles. The maximum Gasteiger partial charge on any atom is 0.287 e. The van der Waals surface area contributed by atoms with Crippen molar-refractivity contribution in [1.29, 1.82) is 0 Å². The molecule has 0 saturated carbocycles. The number of methoxy groups -OCH3 is 2.